The van der Waals surface area contributed by atoms with E-state index in [9.17, 15) is 8.42 Å². The first-order valence-electron chi connectivity index (χ1n) is 6.85. The zero-order valence-corrected chi connectivity index (χ0v) is 14.3. The highest BCUT2D eigenvalue weighted by Crippen LogP contribution is 2.30. The van der Waals surface area contributed by atoms with Crippen molar-refractivity contribution < 1.29 is 8.42 Å². The molecule has 1 aromatic carbocycles. The molecule has 112 valence electrons. The van der Waals surface area contributed by atoms with Gasteiger partial charge in [-0.2, -0.15) is 0 Å². The van der Waals surface area contributed by atoms with E-state index in [2.05, 4.69) is 45.2 Å². The zero-order chi connectivity index (χ0) is 14.8. The van der Waals surface area contributed by atoms with Crippen LogP contribution in [0.5, 0.6) is 0 Å². The summed E-state index contributed by atoms with van der Waals surface area (Å²) in [5.74, 6) is 0.549. The topological polar surface area (TPSA) is 49.4 Å². The molecule has 1 aliphatic heterocycles. The molecule has 1 unspecified atom stereocenters. The van der Waals surface area contributed by atoms with E-state index in [1.807, 2.05) is 13.1 Å². The maximum absolute atomic E-state index is 11.7. The van der Waals surface area contributed by atoms with Gasteiger partial charge in [-0.05, 0) is 44.2 Å². The summed E-state index contributed by atoms with van der Waals surface area (Å²) in [4.78, 5) is 2.19. The van der Waals surface area contributed by atoms with Crippen LogP contribution in [-0.4, -0.2) is 40.1 Å². The summed E-state index contributed by atoms with van der Waals surface area (Å²) in [5, 5.41) is 3.25. The van der Waals surface area contributed by atoms with Crippen molar-refractivity contribution in [1.29, 1.82) is 0 Å². The van der Waals surface area contributed by atoms with E-state index in [0.29, 0.717) is 18.7 Å². The smallest absolute Gasteiger partial charge is 0.152 e. The van der Waals surface area contributed by atoms with E-state index in [1.54, 1.807) is 0 Å². The van der Waals surface area contributed by atoms with Gasteiger partial charge in [-0.3, -0.25) is 0 Å². The first kappa shape index (κ1) is 15.8. The minimum absolute atomic E-state index is 0.224. The molecule has 1 aromatic rings. The molecule has 0 spiro atoms. The van der Waals surface area contributed by atoms with Crippen LogP contribution < -0.4 is 10.2 Å². The second kappa shape index (κ2) is 6.45. The Morgan fingerprint density at radius 1 is 1.30 bits per heavy atom. The Hall–Kier alpha value is -0.590. The molecule has 20 heavy (non-hydrogen) atoms. The molecule has 0 aliphatic carbocycles. The number of anilines is 1. The van der Waals surface area contributed by atoms with Gasteiger partial charge in [0.1, 0.15) is 0 Å². The molecule has 0 saturated carbocycles. The predicted octanol–water partition coefficient (Wildman–Crippen LogP) is 2.35. The van der Waals surface area contributed by atoms with Gasteiger partial charge in [0.25, 0.3) is 0 Å². The number of sulfone groups is 1. The van der Waals surface area contributed by atoms with E-state index in [4.69, 9.17) is 0 Å². The van der Waals surface area contributed by atoms with Crippen LogP contribution in [0.1, 0.15) is 24.9 Å². The molecule has 0 bridgehead atoms. The van der Waals surface area contributed by atoms with Crippen LogP contribution in [0.2, 0.25) is 0 Å². The van der Waals surface area contributed by atoms with Crippen LogP contribution in [-0.2, 0) is 9.84 Å². The van der Waals surface area contributed by atoms with Crippen molar-refractivity contribution in [3.63, 3.8) is 0 Å². The quantitative estimate of drug-likeness (QED) is 0.898. The minimum Gasteiger partial charge on any atom is -0.370 e. The summed E-state index contributed by atoms with van der Waals surface area (Å²) in [6, 6.07) is 6.42. The number of rotatable bonds is 3. The number of nitrogens with zero attached hydrogens (tertiary/aromatic N) is 1. The zero-order valence-electron chi connectivity index (χ0n) is 11.9. The lowest BCUT2D eigenvalue weighted by molar-refractivity contribution is 0.597. The highest BCUT2D eigenvalue weighted by molar-refractivity contribution is 9.10. The highest BCUT2D eigenvalue weighted by atomic mass is 79.9. The van der Waals surface area contributed by atoms with Crippen molar-refractivity contribution in [1.82, 2.24) is 5.32 Å². The van der Waals surface area contributed by atoms with Crippen molar-refractivity contribution in [3.8, 4) is 0 Å². The van der Waals surface area contributed by atoms with Crippen molar-refractivity contribution in [2.75, 3.05) is 36.5 Å². The summed E-state index contributed by atoms with van der Waals surface area (Å²) in [5.41, 5.74) is 2.33. The van der Waals surface area contributed by atoms with E-state index >= 15 is 0 Å². The SMILES string of the molecule is CNC(C)c1cc(Br)ccc1N1CCCS(=O)(=O)CC1. The van der Waals surface area contributed by atoms with Crippen LogP contribution in [0.3, 0.4) is 0 Å². The van der Waals surface area contributed by atoms with Gasteiger partial charge in [0.15, 0.2) is 9.84 Å². The lowest BCUT2D eigenvalue weighted by atomic mass is 10.1. The molecule has 1 atom stereocenters. The van der Waals surface area contributed by atoms with Gasteiger partial charge >= 0.3 is 0 Å². The third-order valence-corrected chi connectivity index (χ3v) is 5.99. The lowest BCUT2D eigenvalue weighted by Crippen LogP contribution is -2.29. The number of halogens is 1. The van der Waals surface area contributed by atoms with E-state index in [0.717, 1.165) is 16.7 Å². The minimum atomic E-state index is -2.87. The first-order valence-corrected chi connectivity index (χ1v) is 9.46. The third-order valence-electron chi connectivity index (χ3n) is 3.79. The summed E-state index contributed by atoms with van der Waals surface area (Å²) in [6.07, 6.45) is 0.700. The summed E-state index contributed by atoms with van der Waals surface area (Å²) in [6.45, 7) is 3.48. The van der Waals surface area contributed by atoms with Gasteiger partial charge in [0.05, 0.1) is 11.5 Å². The number of benzene rings is 1. The van der Waals surface area contributed by atoms with E-state index < -0.39 is 9.84 Å². The van der Waals surface area contributed by atoms with Gasteiger partial charge in [-0.1, -0.05) is 15.9 Å². The standard InChI is InChI=1S/C14H21BrN2O2S/c1-11(16-2)13-10-12(15)4-5-14(13)17-6-3-8-20(18,19)9-7-17/h4-5,10-11,16H,3,6-9H2,1-2H3. The first-order chi connectivity index (χ1) is 9.43. The van der Waals surface area contributed by atoms with Crippen LogP contribution in [0.25, 0.3) is 0 Å². The second-order valence-corrected chi connectivity index (χ2v) is 8.43. The van der Waals surface area contributed by atoms with Crippen molar-refractivity contribution in [2.45, 2.75) is 19.4 Å². The molecule has 6 heteroatoms. The summed E-state index contributed by atoms with van der Waals surface area (Å²) >= 11 is 3.51. The fraction of sp³-hybridized carbons (Fsp3) is 0.571. The molecule has 0 aromatic heterocycles. The monoisotopic (exact) mass is 360 g/mol. The van der Waals surface area contributed by atoms with Crippen LogP contribution in [0.4, 0.5) is 5.69 Å². The van der Waals surface area contributed by atoms with E-state index in [1.165, 1.54) is 5.56 Å². The fourth-order valence-electron chi connectivity index (χ4n) is 2.50. The molecule has 0 radical (unpaired) electrons. The second-order valence-electron chi connectivity index (χ2n) is 5.21. The van der Waals surface area contributed by atoms with Crippen molar-refractivity contribution in [2.24, 2.45) is 0 Å². The van der Waals surface area contributed by atoms with Gasteiger partial charge < -0.3 is 10.2 Å². The number of nitrogens with one attached hydrogen (secondary N) is 1. The molecular formula is C14H21BrN2O2S. The molecule has 1 fully saturated rings. The number of hydrogen-bond donors (Lipinski definition) is 1. The molecule has 1 aliphatic rings. The molecular weight excluding hydrogens is 340 g/mol. The van der Waals surface area contributed by atoms with Gasteiger partial charge in [-0.15, -0.1) is 0 Å². The van der Waals surface area contributed by atoms with Crippen molar-refractivity contribution in [3.05, 3.63) is 28.2 Å². The molecule has 0 amide bonds. The Bertz CT molecular complexity index is 575. The Balaban J connectivity index is 2.32. The normalized spacial score (nSPS) is 20.4. The predicted molar refractivity (Wildman–Crippen MR) is 87.1 cm³/mol. The Labute approximate surface area is 129 Å². The number of hydrogen-bond acceptors (Lipinski definition) is 4. The Morgan fingerprint density at radius 2 is 2.05 bits per heavy atom. The van der Waals surface area contributed by atoms with Crippen LogP contribution in [0, 0.1) is 0 Å². The maximum Gasteiger partial charge on any atom is 0.152 e. The summed E-state index contributed by atoms with van der Waals surface area (Å²) < 4.78 is 24.5. The highest BCUT2D eigenvalue weighted by Gasteiger charge is 2.22. The molecule has 1 N–H and O–H groups in total. The van der Waals surface area contributed by atoms with Gasteiger partial charge in [-0.25, -0.2) is 8.42 Å². The van der Waals surface area contributed by atoms with E-state index in [-0.39, 0.29) is 11.8 Å². The average molecular weight is 361 g/mol. The molecule has 1 heterocycles. The largest absolute Gasteiger partial charge is 0.370 e. The molecule has 4 nitrogen and oxygen atoms in total. The third kappa shape index (κ3) is 3.74. The maximum atomic E-state index is 11.7. The van der Waals surface area contributed by atoms with Crippen molar-refractivity contribution >= 4 is 31.5 Å². The van der Waals surface area contributed by atoms with Gasteiger partial charge in [0, 0.05) is 29.3 Å². The Kier molecular flexibility index (Phi) is 5.09. The average Bonchev–Trinajstić information content (AvgIpc) is 2.59. The molecule has 2 rings (SSSR count). The molecule has 1 saturated heterocycles. The van der Waals surface area contributed by atoms with Crippen LogP contribution in [0.15, 0.2) is 22.7 Å². The van der Waals surface area contributed by atoms with Crippen LogP contribution >= 0.6 is 15.9 Å². The Morgan fingerprint density at radius 3 is 2.75 bits per heavy atom. The lowest BCUT2D eigenvalue weighted by Gasteiger charge is -2.27. The fourth-order valence-corrected chi connectivity index (χ4v) is 4.15. The van der Waals surface area contributed by atoms with Gasteiger partial charge in [0.2, 0.25) is 0 Å². The summed E-state index contributed by atoms with van der Waals surface area (Å²) in [7, 11) is -0.941.